The molecule has 1 amide bonds. The maximum absolute atomic E-state index is 11.7. The van der Waals surface area contributed by atoms with Gasteiger partial charge in [-0.2, -0.15) is 4.98 Å². The molecule has 0 fully saturated rings. The van der Waals surface area contributed by atoms with Gasteiger partial charge in [-0.1, -0.05) is 5.16 Å². The zero-order valence-corrected chi connectivity index (χ0v) is 12.5. The quantitative estimate of drug-likeness (QED) is 0.726. The fourth-order valence-corrected chi connectivity index (χ4v) is 2.25. The van der Waals surface area contributed by atoms with Crippen LogP contribution in [0.3, 0.4) is 0 Å². The number of hydrogen-bond acceptors (Lipinski definition) is 7. The second kappa shape index (κ2) is 6.35. The summed E-state index contributed by atoms with van der Waals surface area (Å²) in [6, 6.07) is 3.44. The molecule has 0 aliphatic carbocycles. The maximum Gasteiger partial charge on any atom is 0.293 e. The van der Waals surface area contributed by atoms with E-state index in [1.54, 1.807) is 18.2 Å². The van der Waals surface area contributed by atoms with E-state index >= 15 is 0 Å². The normalized spacial score (nSPS) is 11.1. The molecule has 3 rings (SSSR count). The van der Waals surface area contributed by atoms with Crippen LogP contribution in [0.4, 0.5) is 0 Å². The lowest BCUT2D eigenvalue weighted by molar-refractivity contribution is -0.116. The minimum atomic E-state index is -0.255. The molecule has 3 aromatic rings. The molecule has 0 atom stereocenters. The van der Waals surface area contributed by atoms with Crippen LogP contribution in [0, 0.1) is 6.92 Å². The number of aromatic nitrogens is 3. The first-order valence-electron chi connectivity index (χ1n) is 6.45. The third-order valence-electron chi connectivity index (χ3n) is 2.66. The van der Waals surface area contributed by atoms with E-state index in [0.29, 0.717) is 11.6 Å². The predicted molar refractivity (Wildman–Crippen MR) is 79.7 cm³/mol. The van der Waals surface area contributed by atoms with Crippen molar-refractivity contribution in [1.29, 1.82) is 0 Å². The monoisotopic (exact) mass is 316 g/mol. The third-order valence-corrected chi connectivity index (χ3v) is 3.45. The summed E-state index contributed by atoms with van der Waals surface area (Å²) in [5.41, 5.74) is 0.761. The zero-order valence-electron chi connectivity index (χ0n) is 11.6. The topological polar surface area (TPSA) is 94.1 Å². The molecular weight excluding hydrogens is 304 g/mol. The first-order chi connectivity index (χ1) is 10.7. The second-order valence-electron chi connectivity index (χ2n) is 4.34. The van der Waals surface area contributed by atoms with Crippen molar-refractivity contribution in [2.24, 2.45) is 0 Å². The van der Waals surface area contributed by atoms with Gasteiger partial charge in [0.05, 0.1) is 23.5 Å². The molecule has 8 heteroatoms. The van der Waals surface area contributed by atoms with Crippen molar-refractivity contribution in [2.45, 2.75) is 13.5 Å². The van der Waals surface area contributed by atoms with E-state index in [1.807, 2.05) is 12.3 Å². The minimum absolute atomic E-state index is 0.170. The largest absolute Gasteiger partial charge is 0.459 e. The van der Waals surface area contributed by atoms with Crippen LogP contribution < -0.4 is 5.32 Å². The van der Waals surface area contributed by atoms with Crippen molar-refractivity contribution < 1.29 is 13.7 Å². The van der Waals surface area contributed by atoms with Crippen LogP contribution in [-0.4, -0.2) is 21.0 Å². The molecular formula is C14H12N4O3S. The summed E-state index contributed by atoms with van der Waals surface area (Å²) in [5, 5.41) is 9.28. The first kappa shape index (κ1) is 14.2. The van der Waals surface area contributed by atoms with Crippen LogP contribution in [0.2, 0.25) is 0 Å². The van der Waals surface area contributed by atoms with E-state index in [-0.39, 0.29) is 18.3 Å². The molecule has 0 aliphatic rings. The highest BCUT2D eigenvalue weighted by Crippen LogP contribution is 2.16. The van der Waals surface area contributed by atoms with Gasteiger partial charge < -0.3 is 14.3 Å². The summed E-state index contributed by atoms with van der Waals surface area (Å²) < 4.78 is 10.2. The van der Waals surface area contributed by atoms with E-state index in [2.05, 4.69) is 20.4 Å². The molecule has 1 N–H and O–H groups in total. The lowest BCUT2D eigenvalue weighted by Crippen LogP contribution is -2.20. The Balaban J connectivity index is 1.54. The molecule has 7 nitrogen and oxygen atoms in total. The van der Waals surface area contributed by atoms with Crippen molar-refractivity contribution in [3.8, 4) is 11.7 Å². The molecule has 0 unspecified atom stereocenters. The van der Waals surface area contributed by atoms with Gasteiger partial charge in [0.25, 0.3) is 5.89 Å². The number of thiazole rings is 1. The first-order valence-corrected chi connectivity index (χ1v) is 7.33. The van der Waals surface area contributed by atoms with Gasteiger partial charge >= 0.3 is 0 Å². The van der Waals surface area contributed by atoms with Crippen LogP contribution in [0.5, 0.6) is 0 Å². The van der Waals surface area contributed by atoms with E-state index in [4.69, 9.17) is 8.94 Å². The number of aryl methyl sites for hydroxylation is 1. The standard InChI is InChI=1S/C14H12N4O3S/c1-9-16-10(8-22-9)4-5-13(19)15-7-12-17-14(21-18-12)11-3-2-6-20-11/h2-6,8H,7H2,1H3,(H,15,19)/b5-4-. The number of carbonyl (C=O) groups is 1. The van der Waals surface area contributed by atoms with E-state index < -0.39 is 0 Å². The number of carbonyl (C=O) groups excluding carboxylic acids is 1. The van der Waals surface area contributed by atoms with Gasteiger partial charge in [-0.15, -0.1) is 11.3 Å². The van der Waals surface area contributed by atoms with E-state index in [9.17, 15) is 4.79 Å². The lowest BCUT2D eigenvalue weighted by Gasteiger charge is -1.95. The molecule has 0 aliphatic heterocycles. The Bertz CT molecular complexity index is 789. The Labute approximate surface area is 129 Å². The summed E-state index contributed by atoms with van der Waals surface area (Å²) >= 11 is 1.53. The minimum Gasteiger partial charge on any atom is -0.459 e. The van der Waals surface area contributed by atoms with E-state index in [1.165, 1.54) is 23.7 Å². The highest BCUT2D eigenvalue weighted by Gasteiger charge is 2.11. The molecule has 112 valence electrons. The fourth-order valence-electron chi connectivity index (χ4n) is 1.67. The predicted octanol–water partition coefficient (Wildman–Crippen LogP) is 2.42. The molecule has 3 heterocycles. The highest BCUT2D eigenvalue weighted by molar-refractivity contribution is 7.09. The molecule has 0 aromatic carbocycles. The van der Waals surface area contributed by atoms with Gasteiger partial charge in [-0.25, -0.2) is 4.98 Å². The molecule has 0 bridgehead atoms. The number of rotatable bonds is 5. The Morgan fingerprint density at radius 2 is 2.36 bits per heavy atom. The molecule has 0 radical (unpaired) electrons. The van der Waals surface area contributed by atoms with Crippen molar-refractivity contribution >= 4 is 23.3 Å². The van der Waals surface area contributed by atoms with Crippen LogP contribution in [0.25, 0.3) is 17.7 Å². The zero-order chi connectivity index (χ0) is 15.4. The van der Waals surface area contributed by atoms with Crippen molar-refractivity contribution in [1.82, 2.24) is 20.4 Å². The Morgan fingerprint density at radius 1 is 1.45 bits per heavy atom. The number of hydrogen-bond donors (Lipinski definition) is 1. The average molecular weight is 316 g/mol. The van der Waals surface area contributed by atoms with Crippen LogP contribution in [0.15, 0.2) is 38.8 Å². The second-order valence-corrected chi connectivity index (χ2v) is 5.40. The van der Waals surface area contributed by atoms with E-state index in [0.717, 1.165) is 10.7 Å². The average Bonchev–Trinajstić information content (AvgIpc) is 3.23. The smallest absolute Gasteiger partial charge is 0.293 e. The number of furan rings is 1. The maximum atomic E-state index is 11.7. The molecule has 0 spiro atoms. The van der Waals surface area contributed by atoms with Crippen molar-refractivity contribution in [3.63, 3.8) is 0 Å². The van der Waals surface area contributed by atoms with Gasteiger partial charge in [0.15, 0.2) is 11.6 Å². The SMILES string of the molecule is Cc1nc(/C=C\C(=O)NCc2noc(-c3ccco3)n2)cs1. The van der Waals surface area contributed by atoms with Gasteiger partial charge in [0, 0.05) is 11.5 Å². The lowest BCUT2D eigenvalue weighted by atomic mass is 10.4. The van der Waals surface area contributed by atoms with Gasteiger partial charge in [0.1, 0.15) is 0 Å². The molecule has 0 saturated carbocycles. The Kier molecular flexibility index (Phi) is 4.10. The number of amides is 1. The third kappa shape index (κ3) is 3.47. The summed E-state index contributed by atoms with van der Waals surface area (Å²) in [6.45, 7) is 2.08. The summed E-state index contributed by atoms with van der Waals surface area (Å²) in [7, 11) is 0. The van der Waals surface area contributed by atoms with Crippen LogP contribution in [0.1, 0.15) is 16.5 Å². The van der Waals surface area contributed by atoms with Gasteiger partial charge in [-0.3, -0.25) is 4.79 Å². The summed E-state index contributed by atoms with van der Waals surface area (Å²) in [6.07, 6.45) is 4.59. The highest BCUT2D eigenvalue weighted by atomic mass is 32.1. The van der Waals surface area contributed by atoms with Gasteiger partial charge in [-0.05, 0) is 25.1 Å². The fraction of sp³-hybridized carbons (Fsp3) is 0.143. The summed E-state index contributed by atoms with van der Waals surface area (Å²) in [5.74, 6) is 0.888. The Morgan fingerprint density at radius 3 is 3.09 bits per heavy atom. The van der Waals surface area contributed by atoms with Gasteiger partial charge in [0.2, 0.25) is 5.91 Å². The Hall–Kier alpha value is -2.74. The van der Waals surface area contributed by atoms with Crippen LogP contribution >= 0.6 is 11.3 Å². The summed E-state index contributed by atoms with van der Waals surface area (Å²) in [4.78, 5) is 20.1. The van der Waals surface area contributed by atoms with Crippen LogP contribution in [-0.2, 0) is 11.3 Å². The number of nitrogens with zero attached hydrogens (tertiary/aromatic N) is 3. The van der Waals surface area contributed by atoms with Crippen molar-refractivity contribution in [3.05, 3.63) is 46.4 Å². The number of nitrogens with one attached hydrogen (secondary N) is 1. The molecule has 3 aromatic heterocycles. The molecule has 22 heavy (non-hydrogen) atoms. The molecule has 0 saturated heterocycles. The van der Waals surface area contributed by atoms with Crippen molar-refractivity contribution in [2.75, 3.05) is 0 Å².